The molecule has 74 valence electrons. The first-order chi connectivity index (χ1) is 6.24. The van der Waals surface area contributed by atoms with E-state index in [0.717, 1.165) is 25.1 Å². The lowest BCUT2D eigenvalue weighted by Crippen LogP contribution is -2.07. The van der Waals surface area contributed by atoms with Gasteiger partial charge in [-0.15, -0.1) is 0 Å². The Kier molecular flexibility index (Phi) is 3.76. The van der Waals surface area contributed by atoms with E-state index in [1.165, 1.54) is 0 Å². The second-order valence-electron chi connectivity index (χ2n) is 3.07. The summed E-state index contributed by atoms with van der Waals surface area (Å²) < 4.78 is 7.15. The zero-order valence-electron chi connectivity index (χ0n) is 8.29. The van der Waals surface area contributed by atoms with Gasteiger partial charge in [-0.25, -0.2) is 0 Å². The van der Waals surface area contributed by atoms with Gasteiger partial charge in [0.1, 0.15) is 5.82 Å². The summed E-state index contributed by atoms with van der Waals surface area (Å²) in [6.45, 7) is 6.34. The van der Waals surface area contributed by atoms with Gasteiger partial charge in [0, 0.05) is 18.4 Å². The molecule has 0 bridgehead atoms. The molecule has 0 fully saturated rings. The van der Waals surface area contributed by atoms with Crippen molar-refractivity contribution in [2.45, 2.75) is 26.8 Å². The van der Waals surface area contributed by atoms with Crippen molar-refractivity contribution in [1.29, 1.82) is 0 Å². The van der Waals surface area contributed by atoms with Gasteiger partial charge in [-0.1, -0.05) is 6.92 Å². The second kappa shape index (κ2) is 4.87. The number of anilines is 1. The van der Waals surface area contributed by atoms with Gasteiger partial charge in [0.25, 0.3) is 0 Å². The lowest BCUT2D eigenvalue weighted by molar-refractivity contribution is 0.124. The summed E-state index contributed by atoms with van der Waals surface area (Å²) in [5, 5.41) is 4.12. The first-order valence-corrected chi connectivity index (χ1v) is 4.61. The normalized spacial score (nSPS) is 10.6. The fraction of sp³-hybridized carbons (Fsp3) is 0.667. The van der Waals surface area contributed by atoms with Crippen LogP contribution in [0.25, 0.3) is 0 Å². The Balaban J connectivity index is 2.29. The molecule has 0 aliphatic rings. The monoisotopic (exact) mass is 183 g/mol. The third kappa shape index (κ3) is 3.06. The minimum Gasteiger partial charge on any atom is -0.382 e. The zero-order chi connectivity index (χ0) is 9.68. The first-order valence-electron chi connectivity index (χ1n) is 4.61. The average Bonchev–Trinajstić information content (AvgIpc) is 2.41. The number of nitrogens with two attached hydrogens (primary N) is 1. The largest absolute Gasteiger partial charge is 0.382 e. The Morgan fingerprint density at radius 3 is 2.85 bits per heavy atom. The van der Waals surface area contributed by atoms with Crippen LogP contribution in [-0.4, -0.2) is 23.0 Å². The van der Waals surface area contributed by atoms with Crippen LogP contribution in [0.5, 0.6) is 0 Å². The van der Waals surface area contributed by atoms with Crippen molar-refractivity contribution in [2.24, 2.45) is 0 Å². The number of hydrogen-bond donors (Lipinski definition) is 1. The van der Waals surface area contributed by atoms with Crippen molar-refractivity contribution >= 4 is 5.82 Å². The number of aromatic nitrogens is 2. The van der Waals surface area contributed by atoms with Gasteiger partial charge in [-0.2, -0.15) is 5.10 Å². The molecule has 4 nitrogen and oxygen atoms in total. The fourth-order valence-corrected chi connectivity index (χ4v) is 1.05. The van der Waals surface area contributed by atoms with Gasteiger partial charge < -0.3 is 10.5 Å². The number of rotatable bonds is 5. The van der Waals surface area contributed by atoms with E-state index in [2.05, 4.69) is 12.0 Å². The summed E-state index contributed by atoms with van der Waals surface area (Å²) in [5.41, 5.74) is 6.62. The molecule has 1 aromatic heterocycles. The summed E-state index contributed by atoms with van der Waals surface area (Å²) in [7, 11) is 0. The van der Waals surface area contributed by atoms with Crippen LogP contribution in [0.1, 0.15) is 18.9 Å². The van der Waals surface area contributed by atoms with Crippen LogP contribution in [0.15, 0.2) is 6.20 Å². The molecule has 1 aromatic rings. The van der Waals surface area contributed by atoms with Crippen LogP contribution < -0.4 is 5.73 Å². The SMILES string of the molecule is CCCOCCn1cc(C)c(N)n1. The molecule has 4 heteroatoms. The highest BCUT2D eigenvalue weighted by atomic mass is 16.5. The van der Waals surface area contributed by atoms with Crippen molar-refractivity contribution in [3.8, 4) is 0 Å². The molecule has 0 amide bonds. The molecule has 1 heterocycles. The van der Waals surface area contributed by atoms with E-state index in [-0.39, 0.29) is 0 Å². The van der Waals surface area contributed by atoms with Crippen molar-refractivity contribution in [3.05, 3.63) is 11.8 Å². The van der Waals surface area contributed by atoms with Crippen LogP contribution in [-0.2, 0) is 11.3 Å². The second-order valence-corrected chi connectivity index (χ2v) is 3.07. The molecule has 1 rings (SSSR count). The Morgan fingerprint density at radius 2 is 2.31 bits per heavy atom. The molecular formula is C9H17N3O. The lowest BCUT2D eigenvalue weighted by Gasteiger charge is -2.01. The number of nitrogens with zero attached hydrogens (tertiary/aromatic N) is 2. The summed E-state index contributed by atoms with van der Waals surface area (Å²) >= 11 is 0. The quantitative estimate of drug-likeness (QED) is 0.698. The maximum Gasteiger partial charge on any atom is 0.148 e. The number of ether oxygens (including phenoxy) is 1. The van der Waals surface area contributed by atoms with Crippen LogP contribution in [0, 0.1) is 6.92 Å². The Hall–Kier alpha value is -1.03. The minimum absolute atomic E-state index is 0.607. The number of hydrogen-bond acceptors (Lipinski definition) is 3. The Labute approximate surface area is 78.7 Å². The molecule has 0 aliphatic carbocycles. The van der Waals surface area contributed by atoms with E-state index >= 15 is 0 Å². The summed E-state index contributed by atoms with van der Waals surface area (Å²) in [6, 6.07) is 0. The third-order valence-corrected chi connectivity index (χ3v) is 1.80. The van der Waals surface area contributed by atoms with Crippen LogP contribution in [0.4, 0.5) is 5.82 Å². The van der Waals surface area contributed by atoms with Crippen molar-refractivity contribution in [1.82, 2.24) is 9.78 Å². The number of aryl methyl sites for hydroxylation is 1. The number of nitrogen functional groups attached to an aromatic ring is 1. The molecule has 0 saturated heterocycles. The molecule has 0 aliphatic heterocycles. The maximum atomic E-state index is 5.60. The van der Waals surface area contributed by atoms with Gasteiger partial charge in [-0.05, 0) is 13.3 Å². The highest BCUT2D eigenvalue weighted by Crippen LogP contribution is 2.05. The molecule has 0 saturated carbocycles. The van der Waals surface area contributed by atoms with E-state index in [0.29, 0.717) is 12.4 Å². The van der Waals surface area contributed by atoms with E-state index in [4.69, 9.17) is 10.5 Å². The highest BCUT2D eigenvalue weighted by Gasteiger charge is 1.99. The average molecular weight is 183 g/mol. The molecule has 0 atom stereocenters. The van der Waals surface area contributed by atoms with Gasteiger partial charge in [-0.3, -0.25) is 4.68 Å². The van der Waals surface area contributed by atoms with Crippen LogP contribution in [0.3, 0.4) is 0 Å². The van der Waals surface area contributed by atoms with Crippen molar-refractivity contribution in [2.75, 3.05) is 18.9 Å². The first kappa shape index (κ1) is 10.1. The third-order valence-electron chi connectivity index (χ3n) is 1.80. The maximum absolute atomic E-state index is 5.60. The van der Waals surface area contributed by atoms with Gasteiger partial charge in [0.05, 0.1) is 13.2 Å². The standard InChI is InChI=1S/C9H17N3O/c1-3-5-13-6-4-12-7-8(2)9(10)11-12/h7H,3-6H2,1-2H3,(H2,10,11). The molecule has 0 aromatic carbocycles. The van der Waals surface area contributed by atoms with E-state index < -0.39 is 0 Å². The molecule has 0 unspecified atom stereocenters. The van der Waals surface area contributed by atoms with E-state index in [1.54, 1.807) is 0 Å². The van der Waals surface area contributed by atoms with E-state index in [9.17, 15) is 0 Å². The van der Waals surface area contributed by atoms with E-state index in [1.807, 2.05) is 17.8 Å². The summed E-state index contributed by atoms with van der Waals surface area (Å²) in [5.74, 6) is 0.607. The predicted octanol–water partition coefficient (Wildman–Crippen LogP) is 1.20. The van der Waals surface area contributed by atoms with Crippen LogP contribution >= 0.6 is 0 Å². The zero-order valence-corrected chi connectivity index (χ0v) is 8.29. The predicted molar refractivity (Wildman–Crippen MR) is 52.5 cm³/mol. The topological polar surface area (TPSA) is 53.1 Å². The Bertz CT molecular complexity index is 238. The van der Waals surface area contributed by atoms with Crippen molar-refractivity contribution in [3.63, 3.8) is 0 Å². The van der Waals surface area contributed by atoms with Gasteiger partial charge in [0.2, 0.25) is 0 Å². The van der Waals surface area contributed by atoms with Crippen molar-refractivity contribution < 1.29 is 4.74 Å². The molecule has 0 spiro atoms. The highest BCUT2D eigenvalue weighted by molar-refractivity contribution is 5.35. The fourth-order valence-electron chi connectivity index (χ4n) is 1.05. The lowest BCUT2D eigenvalue weighted by atomic mass is 10.4. The summed E-state index contributed by atoms with van der Waals surface area (Å²) in [4.78, 5) is 0. The van der Waals surface area contributed by atoms with Gasteiger partial charge >= 0.3 is 0 Å². The summed E-state index contributed by atoms with van der Waals surface area (Å²) in [6.07, 6.45) is 2.99. The smallest absolute Gasteiger partial charge is 0.148 e. The molecule has 0 radical (unpaired) electrons. The van der Waals surface area contributed by atoms with Gasteiger partial charge in [0.15, 0.2) is 0 Å². The molecule has 13 heavy (non-hydrogen) atoms. The minimum atomic E-state index is 0.607. The van der Waals surface area contributed by atoms with Crippen LogP contribution in [0.2, 0.25) is 0 Å². The molecular weight excluding hydrogens is 166 g/mol. The Morgan fingerprint density at radius 1 is 1.54 bits per heavy atom. The molecule has 2 N–H and O–H groups in total.